The van der Waals surface area contributed by atoms with Crippen LogP contribution in [-0.4, -0.2) is 23.8 Å². The third-order valence-electron chi connectivity index (χ3n) is 3.77. The Labute approximate surface area is 142 Å². The number of benzene rings is 2. The molecule has 0 aliphatic rings. The van der Waals surface area contributed by atoms with Gasteiger partial charge in [0, 0.05) is 39.9 Å². The van der Waals surface area contributed by atoms with E-state index in [1.54, 1.807) is 42.5 Å². The molecule has 1 N–H and O–H groups in total. The van der Waals surface area contributed by atoms with Crippen LogP contribution < -0.4 is 9.84 Å². The van der Waals surface area contributed by atoms with Gasteiger partial charge in [-0.3, -0.25) is 4.79 Å². The van der Waals surface area contributed by atoms with Crippen LogP contribution in [0.5, 0.6) is 5.75 Å². The number of carboxylic acid groups (broad SMARTS) is 1. The van der Waals surface area contributed by atoms with Gasteiger partial charge in [0.1, 0.15) is 5.75 Å². The highest BCUT2D eigenvalue weighted by Crippen LogP contribution is 2.28. The van der Waals surface area contributed by atoms with Crippen molar-refractivity contribution in [3.05, 3.63) is 64.3 Å². The fourth-order valence-electron chi connectivity index (χ4n) is 2.63. The van der Waals surface area contributed by atoms with Crippen molar-refractivity contribution in [2.75, 3.05) is 7.11 Å². The number of fused-ring (bicyclic) bond motifs is 1. The molecule has 0 fully saturated rings. The molecule has 0 saturated heterocycles. The minimum absolute atomic E-state index is 0.227. The van der Waals surface area contributed by atoms with Gasteiger partial charge in [-0.25, -0.2) is 0 Å². The van der Waals surface area contributed by atoms with Gasteiger partial charge in [-0.2, -0.15) is 0 Å². The molecular weight excluding hydrogens is 330 g/mol. The van der Waals surface area contributed by atoms with Gasteiger partial charge in [-0.15, -0.1) is 0 Å². The Hall–Kier alpha value is -2.79. The highest BCUT2D eigenvalue weighted by Gasteiger charge is 2.19. The van der Waals surface area contributed by atoms with Crippen molar-refractivity contribution >= 4 is 34.3 Å². The molecule has 0 unspecified atom stereocenters. The number of carboxylic acids is 1. The van der Waals surface area contributed by atoms with Crippen LogP contribution in [0.25, 0.3) is 10.9 Å². The lowest BCUT2D eigenvalue weighted by Gasteiger charge is -2.06. The summed E-state index contributed by atoms with van der Waals surface area (Å²) >= 11 is 5.84. The Morgan fingerprint density at radius 1 is 1.17 bits per heavy atom. The molecule has 0 atom stereocenters. The van der Waals surface area contributed by atoms with E-state index in [-0.39, 0.29) is 17.9 Å². The van der Waals surface area contributed by atoms with Crippen LogP contribution in [0.1, 0.15) is 21.6 Å². The molecular formula is C18H13ClNO4-. The van der Waals surface area contributed by atoms with Crippen molar-refractivity contribution in [3.63, 3.8) is 0 Å². The Balaban J connectivity index is 2.15. The summed E-state index contributed by atoms with van der Waals surface area (Å²) in [6, 6.07) is 11.6. The molecule has 0 radical (unpaired) electrons. The lowest BCUT2D eigenvalue weighted by atomic mass is 10.0. The van der Waals surface area contributed by atoms with E-state index < -0.39 is 5.97 Å². The molecule has 24 heavy (non-hydrogen) atoms. The van der Waals surface area contributed by atoms with E-state index in [9.17, 15) is 14.7 Å². The normalized spacial score (nSPS) is 10.8. The second-order valence-corrected chi connectivity index (χ2v) is 5.71. The van der Waals surface area contributed by atoms with Gasteiger partial charge in [-0.1, -0.05) is 11.6 Å². The summed E-state index contributed by atoms with van der Waals surface area (Å²) in [5.41, 5.74) is 1.66. The van der Waals surface area contributed by atoms with Crippen molar-refractivity contribution in [3.8, 4) is 5.75 Å². The molecule has 3 aromatic rings. The summed E-state index contributed by atoms with van der Waals surface area (Å²) in [6.07, 6.45) is -0.360. The Morgan fingerprint density at radius 2 is 1.88 bits per heavy atom. The van der Waals surface area contributed by atoms with Gasteiger partial charge in [-0.05, 0) is 42.0 Å². The lowest BCUT2D eigenvalue weighted by Crippen LogP contribution is -2.25. The number of aliphatic carboxylic acids is 1. The molecule has 1 aromatic heterocycles. The monoisotopic (exact) mass is 342 g/mol. The predicted molar refractivity (Wildman–Crippen MR) is 88.4 cm³/mol. The van der Waals surface area contributed by atoms with E-state index in [1.165, 1.54) is 7.11 Å². The van der Waals surface area contributed by atoms with E-state index in [0.717, 1.165) is 0 Å². The summed E-state index contributed by atoms with van der Waals surface area (Å²) in [7, 11) is 1.53. The second kappa shape index (κ2) is 6.37. The Morgan fingerprint density at radius 3 is 2.50 bits per heavy atom. The first-order valence-electron chi connectivity index (χ1n) is 7.18. The maximum Gasteiger partial charge on any atom is 0.209 e. The van der Waals surface area contributed by atoms with Gasteiger partial charge >= 0.3 is 0 Å². The summed E-state index contributed by atoms with van der Waals surface area (Å²) in [5, 5.41) is 12.3. The van der Waals surface area contributed by atoms with Crippen molar-refractivity contribution in [2.45, 2.75) is 6.42 Å². The highest BCUT2D eigenvalue weighted by molar-refractivity contribution is 6.30. The molecule has 0 saturated carbocycles. The Kier molecular flexibility index (Phi) is 4.27. The number of carbonyl (C=O) groups is 2. The number of carbonyl (C=O) groups excluding carboxylic acids is 2. The molecule has 3 rings (SSSR count). The number of rotatable bonds is 5. The first kappa shape index (κ1) is 16.1. The van der Waals surface area contributed by atoms with Crippen molar-refractivity contribution < 1.29 is 19.4 Å². The number of ether oxygens (including phenoxy) is 1. The largest absolute Gasteiger partial charge is 0.550 e. The number of hydrogen-bond donors (Lipinski definition) is 1. The minimum atomic E-state index is -1.25. The molecule has 0 aliphatic carbocycles. The first-order valence-corrected chi connectivity index (χ1v) is 7.56. The van der Waals surface area contributed by atoms with E-state index in [2.05, 4.69) is 4.98 Å². The summed E-state index contributed by atoms with van der Waals surface area (Å²) < 4.78 is 5.16. The van der Waals surface area contributed by atoms with Gasteiger partial charge in [0.2, 0.25) is 5.78 Å². The number of halogens is 1. The molecule has 2 aromatic carbocycles. The van der Waals surface area contributed by atoms with Crippen LogP contribution in [0.3, 0.4) is 0 Å². The van der Waals surface area contributed by atoms with E-state index >= 15 is 0 Å². The lowest BCUT2D eigenvalue weighted by molar-refractivity contribution is -0.304. The van der Waals surface area contributed by atoms with Gasteiger partial charge in [0.25, 0.3) is 0 Å². The average Bonchev–Trinajstić information content (AvgIpc) is 2.92. The maximum absolute atomic E-state index is 12.8. The summed E-state index contributed by atoms with van der Waals surface area (Å²) in [4.78, 5) is 26.9. The van der Waals surface area contributed by atoms with E-state index in [0.29, 0.717) is 32.8 Å². The van der Waals surface area contributed by atoms with Crippen LogP contribution >= 0.6 is 11.6 Å². The van der Waals surface area contributed by atoms with Crippen molar-refractivity contribution in [2.24, 2.45) is 0 Å². The number of ketones is 1. The fourth-order valence-corrected chi connectivity index (χ4v) is 2.76. The number of aromatic nitrogens is 1. The molecule has 5 nitrogen and oxygen atoms in total. The highest BCUT2D eigenvalue weighted by atomic mass is 35.5. The number of hydrogen-bond acceptors (Lipinski definition) is 4. The quantitative estimate of drug-likeness (QED) is 0.721. The minimum Gasteiger partial charge on any atom is -0.550 e. The first-order chi connectivity index (χ1) is 11.5. The van der Waals surface area contributed by atoms with Crippen molar-refractivity contribution in [1.82, 2.24) is 4.98 Å². The van der Waals surface area contributed by atoms with Gasteiger partial charge in [0.15, 0.2) is 0 Å². The summed E-state index contributed by atoms with van der Waals surface area (Å²) in [6.45, 7) is 0. The zero-order chi connectivity index (χ0) is 17.3. The second-order valence-electron chi connectivity index (χ2n) is 5.27. The van der Waals surface area contributed by atoms with Crippen LogP contribution in [0.2, 0.25) is 5.02 Å². The van der Waals surface area contributed by atoms with Crippen LogP contribution in [-0.2, 0) is 11.2 Å². The van der Waals surface area contributed by atoms with Crippen LogP contribution in [0.4, 0.5) is 0 Å². The third kappa shape index (κ3) is 2.98. The fraction of sp³-hybridized carbons (Fsp3) is 0.111. The van der Waals surface area contributed by atoms with E-state index in [4.69, 9.17) is 16.3 Å². The average molecular weight is 343 g/mol. The standard InChI is InChI=1S/C18H14ClNO4/c1-24-12-6-7-13-14(9-16(21)22)17(20-15(13)8-12)18(23)10-2-4-11(19)5-3-10/h2-8,20H,9H2,1H3,(H,21,22)/p-1. The molecule has 0 amide bonds. The number of H-pyrrole nitrogens is 1. The number of methoxy groups -OCH3 is 1. The van der Waals surface area contributed by atoms with Gasteiger partial charge in [0.05, 0.1) is 12.8 Å². The molecule has 122 valence electrons. The summed E-state index contributed by atoms with van der Waals surface area (Å²) in [5.74, 6) is -0.954. The SMILES string of the molecule is COc1ccc2c(CC(=O)[O-])c(C(=O)c3ccc(Cl)cc3)[nH]c2c1. The zero-order valence-corrected chi connectivity index (χ0v) is 13.5. The van der Waals surface area contributed by atoms with Crippen molar-refractivity contribution in [1.29, 1.82) is 0 Å². The molecule has 0 spiro atoms. The number of aromatic amines is 1. The Bertz CT molecular complexity index is 928. The van der Waals surface area contributed by atoms with E-state index in [1.807, 2.05) is 0 Å². The molecule has 6 heteroatoms. The smallest absolute Gasteiger partial charge is 0.209 e. The molecule has 1 heterocycles. The molecule has 0 aliphatic heterocycles. The number of nitrogens with one attached hydrogen (secondary N) is 1. The molecule has 0 bridgehead atoms. The predicted octanol–water partition coefficient (Wildman–Crippen LogP) is 2.35. The zero-order valence-electron chi connectivity index (χ0n) is 12.8. The van der Waals surface area contributed by atoms with Crippen LogP contribution in [0, 0.1) is 0 Å². The third-order valence-corrected chi connectivity index (χ3v) is 4.02. The maximum atomic E-state index is 12.8. The van der Waals surface area contributed by atoms with Crippen LogP contribution in [0.15, 0.2) is 42.5 Å². The van der Waals surface area contributed by atoms with Gasteiger partial charge < -0.3 is 19.6 Å². The topological polar surface area (TPSA) is 82.2 Å².